The summed E-state index contributed by atoms with van der Waals surface area (Å²) in [5.74, 6) is 1.19. The van der Waals surface area contributed by atoms with Crippen molar-refractivity contribution >= 4 is 22.6 Å². The molecule has 140 valence electrons. The number of nitrogens with zero attached hydrogens (tertiary/aromatic N) is 3. The van der Waals surface area contributed by atoms with E-state index in [1.54, 1.807) is 0 Å². The van der Waals surface area contributed by atoms with Crippen LogP contribution in [0.15, 0.2) is 48.5 Å². The fourth-order valence-electron chi connectivity index (χ4n) is 3.92. The number of imidazole rings is 1. The highest BCUT2D eigenvalue weighted by atomic mass is 16.1. The number of fused-ring (bicyclic) bond motifs is 1. The van der Waals surface area contributed by atoms with E-state index in [1.165, 1.54) is 0 Å². The lowest BCUT2D eigenvalue weighted by Crippen LogP contribution is -2.40. The van der Waals surface area contributed by atoms with Gasteiger partial charge in [-0.2, -0.15) is 0 Å². The lowest BCUT2D eigenvalue weighted by molar-refractivity contribution is -0.121. The zero-order valence-corrected chi connectivity index (χ0v) is 16.0. The van der Waals surface area contributed by atoms with Crippen LogP contribution in [0.5, 0.6) is 0 Å². The van der Waals surface area contributed by atoms with Gasteiger partial charge in [-0.3, -0.25) is 9.69 Å². The van der Waals surface area contributed by atoms with Crippen LogP contribution in [-0.2, 0) is 18.4 Å². The molecule has 1 aliphatic heterocycles. The predicted octanol–water partition coefficient (Wildman–Crippen LogP) is 3.73. The molecule has 0 bridgehead atoms. The van der Waals surface area contributed by atoms with E-state index in [-0.39, 0.29) is 11.8 Å². The number of aryl methyl sites for hydroxylation is 2. The summed E-state index contributed by atoms with van der Waals surface area (Å²) in [7, 11) is 2.07. The normalized spacial score (nSPS) is 17.9. The zero-order valence-electron chi connectivity index (χ0n) is 16.0. The number of anilines is 1. The van der Waals surface area contributed by atoms with Gasteiger partial charge in [0.2, 0.25) is 5.91 Å². The number of rotatable bonds is 4. The smallest absolute Gasteiger partial charge is 0.228 e. The Morgan fingerprint density at radius 2 is 2.07 bits per heavy atom. The summed E-state index contributed by atoms with van der Waals surface area (Å²) in [6.45, 7) is 4.60. The van der Waals surface area contributed by atoms with Gasteiger partial charge in [0, 0.05) is 19.3 Å². The van der Waals surface area contributed by atoms with Gasteiger partial charge in [0.1, 0.15) is 5.82 Å². The fraction of sp³-hybridized carbons (Fsp3) is 0.364. The summed E-state index contributed by atoms with van der Waals surface area (Å²) < 4.78 is 2.16. The van der Waals surface area contributed by atoms with Gasteiger partial charge in [0.15, 0.2) is 0 Å². The Hall–Kier alpha value is -2.66. The maximum absolute atomic E-state index is 12.7. The molecule has 0 radical (unpaired) electrons. The minimum Gasteiger partial charge on any atom is -0.330 e. The Morgan fingerprint density at radius 3 is 2.89 bits per heavy atom. The molecule has 0 saturated carbocycles. The summed E-state index contributed by atoms with van der Waals surface area (Å²) >= 11 is 0. The van der Waals surface area contributed by atoms with Crippen molar-refractivity contribution in [3.8, 4) is 0 Å². The lowest BCUT2D eigenvalue weighted by Gasteiger charge is -2.31. The van der Waals surface area contributed by atoms with Gasteiger partial charge in [-0.05, 0) is 56.1 Å². The SMILES string of the molecule is Cc1cccc(NC(=O)[C@@H]2CCCN(Cc3nc4ccccc4n3C)C2)c1. The molecular formula is C22H26N4O. The number of likely N-dealkylation sites (tertiary alicyclic amines) is 1. The van der Waals surface area contributed by atoms with Crippen LogP contribution in [0.1, 0.15) is 24.2 Å². The third kappa shape index (κ3) is 3.88. The number of nitrogens with one attached hydrogen (secondary N) is 1. The number of aromatic nitrogens is 2. The lowest BCUT2D eigenvalue weighted by atomic mass is 9.97. The first-order valence-corrected chi connectivity index (χ1v) is 9.60. The molecule has 4 rings (SSSR count). The van der Waals surface area contributed by atoms with Gasteiger partial charge in [-0.25, -0.2) is 4.98 Å². The molecule has 1 aliphatic rings. The summed E-state index contributed by atoms with van der Waals surface area (Å²) in [6.07, 6.45) is 1.98. The van der Waals surface area contributed by atoms with Crippen molar-refractivity contribution < 1.29 is 4.79 Å². The van der Waals surface area contributed by atoms with Crippen LogP contribution in [0, 0.1) is 12.8 Å². The minimum absolute atomic E-state index is 0.0222. The fourth-order valence-corrected chi connectivity index (χ4v) is 3.92. The van der Waals surface area contributed by atoms with Crippen LogP contribution >= 0.6 is 0 Å². The number of carbonyl (C=O) groups is 1. The third-order valence-corrected chi connectivity index (χ3v) is 5.41. The minimum atomic E-state index is 0.0222. The molecule has 1 amide bonds. The van der Waals surface area contributed by atoms with Gasteiger partial charge in [0.25, 0.3) is 0 Å². The number of para-hydroxylation sites is 2. The van der Waals surface area contributed by atoms with E-state index in [0.29, 0.717) is 0 Å². The molecule has 0 unspecified atom stereocenters. The van der Waals surface area contributed by atoms with Crippen molar-refractivity contribution in [3.05, 3.63) is 59.9 Å². The number of amides is 1. The summed E-state index contributed by atoms with van der Waals surface area (Å²) in [5, 5.41) is 3.08. The predicted molar refractivity (Wildman–Crippen MR) is 109 cm³/mol. The van der Waals surface area contributed by atoms with Gasteiger partial charge in [-0.15, -0.1) is 0 Å². The van der Waals surface area contributed by atoms with E-state index < -0.39 is 0 Å². The first kappa shape index (κ1) is 17.7. The molecule has 3 aromatic rings. The molecule has 1 N–H and O–H groups in total. The van der Waals surface area contributed by atoms with Crippen LogP contribution in [0.25, 0.3) is 11.0 Å². The molecule has 1 aromatic heterocycles. The highest BCUT2D eigenvalue weighted by Crippen LogP contribution is 2.22. The van der Waals surface area contributed by atoms with Crippen LogP contribution < -0.4 is 5.32 Å². The second kappa shape index (κ2) is 7.53. The number of piperidine rings is 1. The Labute approximate surface area is 160 Å². The van der Waals surface area contributed by atoms with E-state index in [2.05, 4.69) is 27.9 Å². The van der Waals surface area contributed by atoms with Crippen LogP contribution in [0.3, 0.4) is 0 Å². The zero-order chi connectivity index (χ0) is 18.8. The summed E-state index contributed by atoms with van der Waals surface area (Å²) in [4.78, 5) is 19.9. The molecule has 1 atom stereocenters. The van der Waals surface area contributed by atoms with E-state index in [4.69, 9.17) is 4.98 Å². The van der Waals surface area contributed by atoms with E-state index in [9.17, 15) is 4.79 Å². The van der Waals surface area contributed by atoms with Crippen LogP contribution in [0.4, 0.5) is 5.69 Å². The van der Waals surface area contributed by atoms with E-state index in [0.717, 1.165) is 60.6 Å². The number of hydrogen-bond acceptors (Lipinski definition) is 3. The average Bonchev–Trinajstić information content (AvgIpc) is 2.98. The van der Waals surface area contributed by atoms with E-state index >= 15 is 0 Å². The third-order valence-electron chi connectivity index (χ3n) is 5.41. The molecule has 2 aromatic carbocycles. The molecule has 5 nitrogen and oxygen atoms in total. The second-order valence-corrected chi connectivity index (χ2v) is 7.51. The molecule has 0 aliphatic carbocycles. The van der Waals surface area contributed by atoms with Gasteiger partial charge >= 0.3 is 0 Å². The average molecular weight is 362 g/mol. The standard InChI is InChI=1S/C22H26N4O/c1-16-7-5-9-18(13-16)23-22(27)17-8-6-12-26(14-17)15-21-24-19-10-3-4-11-20(19)25(21)2/h3-5,7,9-11,13,17H,6,8,12,14-15H2,1-2H3,(H,23,27)/t17-/m1/s1. The maximum atomic E-state index is 12.7. The summed E-state index contributed by atoms with van der Waals surface area (Å²) in [6, 6.07) is 16.2. The van der Waals surface area contributed by atoms with Gasteiger partial charge < -0.3 is 9.88 Å². The van der Waals surface area contributed by atoms with Crippen molar-refractivity contribution in [2.75, 3.05) is 18.4 Å². The van der Waals surface area contributed by atoms with Crippen LogP contribution in [0.2, 0.25) is 0 Å². The highest BCUT2D eigenvalue weighted by Gasteiger charge is 2.26. The van der Waals surface area contributed by atoms with E-state index in [1.807, 2.05) is 49.4 Å². The first-order valence-electron chi connectivity index (χ1n) is 9.60. The first-order chi connectivity index (χ1) is 13.1. The number of benzene rings is 2. The molecule has 5 heteroatoms. The second-order valence-electron chi connectivity index (χ2n) is 7.51. The Balaban J connectivity index is 1.43. The van der Waals surface area contributed by atoms with Crippen molar-refractivity contribution in [3.63, 3.8) is 0 Å². The van der Waals surface area contributed by atoms with Crippen LogP contribution in [-0.4, -0.2) is 33.4 Å². The number of carbonyl (C=O) groups excluding carboxylic acids is 1. The molecule has 0 spiro atoms. The summed E-state index contributed by atoms with van der Waals surface area (Å²) in [5.41, 5.74) is 4.21. The largest absolute Gasteiger partial charge is 0.330 e. The Morgan fingerprint density at radius 1 is 1.22 bits per heavy atom. The Bertz CT molecular complexity index is 962. The molecule has 1 saturated heterocycles. The van der Waals surface area contributed by atoms with Crippen molar-refractivity contribution in [2.24, 2.45) is 13.0 Å². The van der Waals surface area contributed by atoms with Crippen molar-refractivity contribution in [1.29, 1.82) is 0 Å². The highest BCUT2D eigenvalue weighted by molar-refractivity contribution is 5.92. The maximum Gasteiger partial charge on any atom is 0.228 e. The van der Waals surface area contributed by atoms with Crippen molar-refractivity contribution in [2.45, 2.75) is 26.3 Å². The molecule has 27 heavy (non-hydrogen) atoms. The molecular weight excluding hydrogens is 336 g/mol. The van der Waals surface area contributed by atoms with Crippen molar-refractivity contribution in [1.82, 2.24) is 14.5 Å². The quantitative estimate of drug-likeness (QED) is 0.769. The van der Waals surface area contributed by atoms with Gasteiger partial charge in [0.05, 0.1) is 23.5 Å². The topological polar surface area (TPSA) is 50.2 Å². The number of hydrogen-bond donors (Lipinski definition) is 1. The Kier molecular flexibility index (Phi) is 4.94. The van der Waals surface area contributed by atoms with Gasteiger partial charge in [-0.1, -0.05) is 24.3 Å². The monoisotopic (exact) mass is 362 g/mol. The molecule has 2 heterocycles. The molecule has 1 fully saturated rings.